The minimum absolute atomic E-state index is 0.219. The van der Waals surface area contributed by atoms with Crippen LogP contribution in [0.2, 0.25) is 0 Å². The first-order chi connectivity index (χ1) is 8.43. The van der Waals surface area contributed by atoms with Crippen molar-refractivity contribution in [2.45, 2.75) is 19.1 Å². The first kappa shape index (κ1) is 13.9. The van der Waals surface area contributed by atoms with Gasteiger partial charge in [-0.25, -0.2) is 4.79 Å². The highest BCUT2D eigenvalue weighted by Gasteiger charge is 2.33. The lowest BCUT2D eigenvalue weighted by Gasteiger charge is -2.19. The number of amides is 1. The third-order valence-electron chi connectivity index (χ3n) is 2.27. The molecule has 0 heterocycles. The molecule has 0 bridgehead atoms. The fraction of sp³-hybridized carbons (Fsp3) is 0.250. The number of Topliss-reactive ketones (excluding diaryl/α,β-unsaturated/α-hetero) is 1. The molecule has 3 N–H and O–H groups in total. The maximum absolute atomic E-state index is 12.0. The van der Waals surface area contributed by atoms with Gasteiger partial charge < -0.3 is 15.5 Å². The molecule has 0 saturated carbocycles. The van der Waals surface area contributed by atoms with Crippen LogP contribution in [-0.2, 0) is 9.59 Å². The maximum atomic E-state index is 12.0. The van der Waals surface area contributed by atoms with Crippen molar-refractivity contribution in [3.63, 3.8) is 0 Å². The molecule has 1 aromatic rings. The Bertz CT molecular complexity index is 457. The summed E-state index contributed by atoms with van der Waals surface area (Å²) in [4.78, 5) is 33.6. The molecule has 1 aromatic carbocycles. The molecule has 0 saturated heterocycles. The molecule has 0 aliphatic carbocycles. The third kappa shape index (κ3) is 3.39. The minimum Gasteiger partial charge on any atom is -0.479 e. The summed E-state index contributed by atoms with van der Waals surface area (Å²) in [6, 6.07) is 6.36. The lowest BCUT2D eigenvalue weighted by Crippen LogP contribution is -2.51. The van der Waals surface area contributed by atoms with E-state index in [0.29, 0.717) is 0 Å². The van der Waals surface area contributed by atoms with Gasteiger partial charge in [-0.3, -0.25) is 9.59 Å². The van der Waals surface area contributed by atoms with E-state index in [9.17, 15) is 19.5 Å². The number of ketones is 1. The van der Waals surface area contributed by atoms with Crippen LogP contribution in [0.5, 0.6) is 0 Å². The van der Waals surface area contributed by atoms with E-state index in [4.69, 9.17) is 5.11 Å². The number of benzene rings is 1. The first-order valence-electron chi connectivity index (χ1n) is 5.20. The lowest BCUT2D eigenvalue weighted by molar-refractivity contribution is -0.147. The Morgan fingerprint density at radius 3 is 2.17 bits per heavy atom. The SMILES string of the molecule is CC(=O)N[C@H](C(=O)c1ccccc1)[C@H](O)C(=O)O. The van der Waals surface area contributed by atoms with Crippen molar-refractivity contribution in [3.05, 3.63) is 35.9 Å². The second kappa shape index (κ2) is 5.92. The molecular weight excluding hydrogens is 238 g/mol. The van der Waals surface area contributed by atoms with Crippen LogP contribution in [0.3, 0.4) is 0 Å². The zero-order valence-corrected chi connectivity index (χ0v) is 9.66. The largest absolute Gasteiger partial charge is 0.479 e. The molecule has 0 fully saturated rings. The molecule has 18 heavy (non-hydrogen) atoms. The quantitative estimate of drug-likeness (QED) is 0.630. The predicted octanol–water partition coefficient (Wildman–Crippen LogP) is -0.181. The fourth-order valence-electron chi connectivity index (χ4n) is 1.43. The highest BCUT2D eigenvalue weighted by Crippen LogP contribution is 2.07. The monoisotopic (exact) mass is 251 g/mol. The molecule has 6 heteroatoms. The second-order valence-electron chi connectivity index (χ2n) is 3.69. The van der Waals surface area contributed by atoms with E-state index in [1.165, 1.54) is 12.1 Å². The van der Waals surface area contributed by atoms with Crippen molar-refractivity contribution in [3.8, 4) is 0 Å². The topological polar surface area (TPSA) is 104 Å². The number of aliphatic hydroxyl groups is 1. The van der Waals surface area contributed by atoms with Crippen LogP contribution in [0.4, 0.5) is 0 Å². The van der Waals surface area contributed by atoms with E-state index < -0.39 is 29.8 Å². The summed E-state index contributed by atoms with van der Waals surface area (Å²) in [6.07, 6.45) is -1.98. The van der Waals surface area contributed by atoms with E-state index in [-0.39, 0.29) is 5.56 Å². The Hall–Kier alpha value is -2.21. The van der Waals surface area contributed by atoms with Crippen LogP contribution in [0.15, 0.2) is 30.3 Å². The Morgan fingerprint density at radius 1 is 1.17 bits per heavy atom. The number of hydrogen-bond donors (Lipinski definition) is 3. The standard InChI is InChI=1S/C12H13NO5/c1-7(14)13-9(11(16)12(17)18)10(15)8-5-3-2-4-6-8/h2-6,9,11,16H,1H3,(H,13,14)(H,17,18)/t9-,11+/m1/s1. The van der Waals surface area contributed by atoms with Gasteiger partial charge in [-0.15, -0.1) is 0 Å². The van der Waals surface area contributed by atoms with Gasteiger partial charge in [-0.05, 0) is 0 Å². The molecule has 6 nitrogen and oxygen atoms in total. The number of nitrogens with one attached hydrogen (secondary N) is 1. The number of carboxylic acid groups (broad SMARTS) is 1. The maximum Gasteiger partial charge on any atom is 0.335 e. The van der Waals surface area contributed by atoms with E-state index in [1.807, 2.05) is 0 Å². The van der Waals surface area contributed by atoms with Crippen molar-refractivity contribution in [1.29, 1.82) is 0 Å². The van der Waals surface area contributed by atoms with Crippen molar-refractivity contribution in [2.75, 3.05) is 0 Å². The van der Waals surface area contributed by atoms with Gasteiger partial charge in [-0.2, -0.15) is 0 Å². The van der Waals surface area contributed by atoms with Gasteiger partial charge in [0.1, 0.15) is 6.04 Å². The zero-order valence-electron chi connectivity index (χ0n) is 9.66. The highest BCUT2D eigenvalue weighted by molar-refractivity contribution is 6.04. The lowest BCUT2D eigenvalue weighted by atomic mass is 9.99. The summed E-state index contributed by atoms with van der Waals surface area (Å²) in [5.74, 6) is -2.82. The Kier molecular flexibility index (Phi) is 4.56. The molecule has 0 aliphatic rings. The van der Waals surface area contributed by atoms with Crippen molar-refractivity contribution >= 4 is 17.7 Å². The van der Waals surface area contributed by atoms with Crippen molar-refractivity contribution < 1.29 is 24.6 Å². The number of carboxylic acids is 1. The Labute approximate surface area is 103 Å². The molecule has 0 radical (unpaired) electrons. The van der Waals surface area contributed by atoms with Gasteiger partial charge in [-0.1, -0.05) is 30.3 Å². The summed E-state index contributed by atoms with van der Waals surface area (Å²) >= 11 is 0. The van der Waals surface area contributed by atoms with E-state index in [2.05, 4.69) is 5.32 Å². The number of aliphatic hydroxyl groups excluding tert-OH is 1. The van der Waals surface area contributed by atoms with Gasteiger partial charge in [0.05, 0.1) is 0 Å². The zero-order chi connectivity index (χ0) is 13.7. The summed E-state index contributed by atoms with van der Waals surface area (Å²) in [5, 5.41) is 20.3. The molecule has 2 atom stereocenters. The van der Waals surface area contributed by atoms with Gasteiger partial charge >= 0.3 is 5.97 Å². The van der Waals surface area contributed by atoms with Crippen LogP contribution in [0.25, 0.3) is 0 Å². The van der Waals surface area contributed by atoms with E-state index >= 15 is 0 Å². The summed E-state index contributed by atoms with van der Waals surface area (Å²) in [5.41, 5.74) is 0.219. The Balaban J connectivity index is 3.00. The van der Waals surface area contributed by atoms with E-state index in [1.54, 1.807) is 18.2 Å². The summed E-state index contributed by atoms with van der Waals surface area (Å²) in [6.45, 7) is 1.14. The molecule has 0 aromatic heterocycles. The predicted molar refractivity (Wildman–Crippen MR) is 62.0 cm³/mol. The number of hydrogen-bond acceptors (Lipinski definition) is 4. The molecular formula is C12H13NO5. The highest BCUT2D eigenvalue weighted by atomic mass is 16.4. The molecule has 0 unspecified atom stereocenters. The average molecular weight is 251 g/mol. The van der Waals surface area contributed by atoms with Crippen LogP contribution >= 0.6 is 0 Å². The number of carbonyl (C=O) groups is 3. The van der Waals surface area contributed by atoms with Gasteiger partial charge in [0.25, 0.3) is 0 Å². The molecule has 1 rings (SSSR count). The molecule has 0 spiro atoms. The van der Waals surface area contributed by atoms with Gasteiger partial charge in [0, 0.05) is 12.5 Å². The van der Waals surface area contributed by atoms with Crippen molar-refractivity contribution in [2.24, 2.45) is 0 Å². The summed E-state index contributed by atoms with van der Waals surface area (Å²) < 4.78 is 0. The minimum atomic E-state index is -1.98. The van der Waals surface area contributed by atoms with Crippen LogP contribution < -0.4 is 5.32 Å². The normalized spacial score (nSPS) is 13.4. The van der Waals surface area contributed by atoms with Crippen LogP contribution in [0, 0.1) is 0 Å². The third-order valence-corrected chi connectivity index (χ3v) is 2.27. The summed E-state index contributed by atoms with van der Waals surface area (Å²) in [7, 11) is 0. The van der Waals surface area contributed by atoms with Gasteiger partial charge in [0.15, 0.2) is 11.9 Å². The number of rotatable bonds is 5. The average Bonchev–Trinajstić information content (AvgIpc) is 2.35. The van der Waals surface area contributed by atoms with Crippen molar-refractivity contribution in [1.82, 2.24) is 5.32 Å². The molecule has 96 valence electrons. The van der Waals surface area contributed by atoms with Crippen LogP contribution in [-0.4, -0.2) is 40.0 Å². The fourth-order valence-corrected chi connectivity index (χ4v) is 1.43. The first-order valence-corrected chi connectivity index (χ1v) is 5.20. The molecule has 1 amide bonds. The smallest absolute Gasteiger partial charge is 0.335 e. The van der Waals surface area contributed by atoms with Gasteiger partial charge in [0.2, 0.25) is 5.91 Å². The number of aliphatic carboxylic acids is 1. The second-order valence-corrected chi connectivity index (χ2v) is 3.69. The Morgan fingerprint density at radius 2 is 1.72 bits per heavy atom. The molecule has 0 aliphatic heterocycles. The van der Waals surface area contributed by atoms with Crippen LogP contribution in [0.1, 0.15) is 17.3 Å². The van der Waals surface area contributed by atoms with E-state index in [0.717, 1.165) is 6.92 Å². The number of carbonyl (C=O) groups excluding carboxylic acids is 2.